The molecule has 0 radical (unpaired) electrons. The number of aryl methyl sites for hydroxylation is 1. The van der Waals surface area contributed by atoms with Crippen LogP contribution in [0.5, 0.6) is 0 Å². The minimum Gasteiger partial charge on any atom is -0.384 e. The van der Waals surface area contributed by atoms with Crippen molar-refractivity contribution in [3.05, 3.63) is 47.3 Å². The van der Waals surface area contributed by atoms with Crippen molar-refractivity contribution in [1.29, 1.82) is 0 Å². The molecule has 1 aliphatic rings. The van der Waals surface area contributed by atoms with Gasteiger partial charge in [0.1, 0.15) is 11.5 Å². The lowest BCUT2D eigenvalue weighted by atomic mass is 10.0. The van der Waals surface area contributed by atoms with Crippen LogP contribution in [0.15, 0.2) is 41.0 Å². The molecule has 1 aromatic heterocycles. The topological polar surface area (TPSA) is 92.2 Å². The monoisotopic (exact) mass is 309 g/mol. The van der Waals surface area contributed by atoms with Crippen molar-refractivity contribution >= 4 is 16.7 Å². The summed E-state index contributed by atoms with van der Waals surface area (Å²) in [6.07, 6.45) is -3.86. The highest BCUT2D eigenvalue weighted by molar-refractivity contribution is 5.93. The SMILES string of the molecule is Cc1cc2cc(C3(N)N=C(N)C=C(C(F)(F)F)N3)ccc2[nH]1. The third kappa shape index (κ3) is 2.41. The minimum absolute atomic E-state index is 0.279. The number of hydrogen-bond acceptors (Lipinski definition) is 4. The lowest BCUT2D eigenvalue weighted by Crippen LogP contribution is -2.54. The highest BCUT2D eigenvalue weighted by Gasteiger charge is 2.41. The quantitative estimate of drug-likeness (QED) is 0.649. The van der Waals surface area contributed by atoms with E-state index in [1.54, 1.807) is 18.2 Å². The van der Waals surface area contributed by atoms with Gasteiger partial charge < -0.3 is 16.0 Å². The van der Waals surface area contributed by atoms with E-state index < -0.39 is 17.7 Å². The number of aliphatic imine (C=N–C) groups is 1. The van der Waals surface area contributed by atoms with Crippen LogP contribution in [-0.2, 0) is 5.79 Å². The lowest BCUT2D eigenvalue weighted by molar-refractivity contribution is -0.1000. The molecule has 1 atom stereocenters. The number of nitrogens with two attached hydrogens (primary N) is 2. The molecule has 5 nitrogen and oxygen atoms in total. The van der Waals surface area contributed by atoms with E-state index in [1.165, 1.54) is 0 Å². The number of nitrogens with one attached hydrogen (secondary N) is 2. The van der Waals surface area contributed by atoms with Crippen LogP contribution in [0.1, 0.15) is 11.3 Å². The third-order valence-corrected chi connectivity index (χ3v) is 3.42. The van der Waals surface area contributed by atoms with Crippen molar-refractivity contribution in [2.45, 2.75) is 18.9 Å². The first kappa shape index (κ1) is 14.5. The number of aromatic amines is 1. The first-order valence-electron chi connectivity index (χ1n) is 6.48. The molecule has 116 valence electrons. The summed E-state index contributed by atoms with van der Waals surface area (Å²) in [4.78, 5) is 7.07. The van der Waals surface area contributed by atoms with Crippen LogP contribution < -0.4 is 16.8 Å². The van der Waals surface area contributed by atoms with Crippen molar-refractivity contribution in [2.24, 2.45) is 16.5 Å². The van der Waals surface area contributed by atoms with Crippen LogP contribution in [-0.4, -0.2) is 17.0 Å². The van der Waals surface area contributed by atoms with Gasteiger partial charge in [0, 0.05) is 28.2 Å². The largest absolute Gasteiger partial charge is 0.431 e. The second-order valence-electron chi connectivity index (χ2n) is 5.24. The number of amidine groups is 1. The van der Waals surface area contributed by atoms with E-state index in [-0.39, 0.29) is 5.84 Å². The summed E-state index contributed by atoms with van der Waals surface area (Å²) >= 11 is 0. The van der Waals surface area contributed by atoms with Crippen molar-refractivity contribution < 1.29 is 13.2 Å². The Hall–Kier alpha value is -2.48. The van der Waals surface area contributed by atoms with E-state index >= 15 is 0 Å². The van der Waals surface area contributed by atoms with Gasteiger partial charge in [0.05, 0.1) is 0 Å². The van der Waals surface area contributed by atoms with Crippen LogP contribution in [0.25, 0.3) is 10.9 Å². The predicted molar refractivity (Wildman–Crippen MR) is 77.8 cm³/mol. The van der Waals surface area contributed by atoms with E-state index in [9.17, 15) is 13.2 Å². The van der Waals surface area contributed by atoms with Crippen molar-refractivity contribution in [3.63, 3.8) is 0 Å². The highest BCUT2D eigenvalue weighted by Crippen LogP contribution is 2.31. The molecule has 1 unspecified atom stereocenters. The number of rotatable bonds is 1. The first-order valence-corrected chi connectivity index (χ1v) is 6.48. The van der Waals surface area contributed by atoms with Crippen molar-refractivity contribution in [1.82, 2.24) is 10.3 Å². The number of nitrogens with zero attached hydrogens (tertiary/aromatic N) is 1. The molecule has 0 fully saturated rings. The van der Waals surface area contributed by atoms with Crippen molar-refractivity contribution in [2.75, 3.05) is 0 Å². The van der Waals surface area contributed by atoms with Crippen LogP contribution in [0.4, 0.5) is 13.2 Å². The molecule has 0 aliphatic carbocycles. The van der Waals surface area contributed by atoms with Gasteiger partial charge >= 0.3 is 6.18 Å². The van der Waals surface area contributed by atoms with E-state index in [0.717, 1.165) is 22.7 Å². The Morgan fingerprint density at radius 3 is 2.64 bits per heavy atom. The van der Waals surface area contributed by atoms with Gasteiger partial charge in [-0.25, -0.2) is 4.99 Å². The van der Waals surface area contributed by atoms with Crippen LogP contribution in [0.2, 0.25) is 0 Å². The molecule has 0 saturated heterocycles. The molecule has 1 aromatic carbocycles. The second kappa shape index (κ2) is 4.51. The molecule has 2 aromatic rings. The fourth-order valence-electron chi connectivity index (χ4n) is 2.46. The predicted octanol–water partition coefficient (Wildman–Crippen LogP) is 1.95. The van der Waals surface area contributed by atoms with Gasteiger partial charge in [0.25, 0.3) is 0 Å². The van der Waals surface area contributed by atoms with Gasteiger partial charge in [-0.2, -0.15) is 13.2 Å². The Balaban J connectivity index is 2.07. The van der Waals surface area contributed by atoms with Crippen LogP contribution >= 0.6 is 0 Å². The first-order chi connectivity index (χ1) is 10.2. The fourth-order valence-corrected chi connectivity index (χ4v) is 2.46. The Morgan fingerprint density at radius 2 is 1.95 bits per heavy atom. The number of H-pyrrole nitrogens is 1. The number of allylic oxidation sites excluding steroid dienone is 1. The number of fused-ring (bicyclic) bond motifs is 1. The molecule has 8 heteroatoms. The number of hydrogen-bond donors (Lipinski definition) is 4. The Bertz CT molecular complexity index is 802. The Labute approximate surface area is 123 Å². The molecule has 2 heterocycles. The zero-order chi connectivity index (χ0) is 16.1. The maximum absolute atomic E-state index is 12.9. The van der Waals surface area contributed by atoms with Crippen LogP contribution in [0.3, 0.4) is 0 Å². The van der Waals surface area contributed by atoms with E-state index in [2.05, 4.69) is 15.3 Å². The maximum Gasteiger partial charge on any atom is 0.431 e. The molecular weight excluding hydrogens is 295 g/mol. The summed E-state index contributed by atoms with van der Waals surface area (Å²) in [5.74, 6) is -2.04. The van der Waals surface area contributed by atoms with Gasteiger partial charge in [-0.05, 0) is 25.1 Å². The summed E-state index contributed by atoms with van der Waals surface area (Å²) < 4.78 is 38.8. The van der Waals surface area contributed by atoms with E-state index in [4.69, 9.17) is 11.5 Å². The van der Waals surface area contributed by atoms with Gasteiger partial charge in [-0.3, -0.25) is 5.73 Å². The maximum atomic E-state index is 12.9. The summed E-state index contributed by atoms with van der Waals surface area (Å²) in [7, 11) is 0. The molecule has 0 spiro atoms. The normalized spacial score (nSPS) is 22.2. The molecule has 0 saturated carbocycles. The lowest BCUT2D eigenvalue weighted by Gasteiger charge is -2.33. The molecule has 22 heavy (non-hydrogen) atoms. The molecule has 6 N–H and O–H groups in total. The van der Waals surface area contributed by atoms with Gasteiger partial charge in [-0.1, -0.05) is 6.07 Å². The molecule has 0 amide bonds. The summed E-state index contributed by atoms with van der Waals surface area (Å²) in [5.41, 5.74) is 12.7. The molecule has 3 rings (SSSR count). The number of alkyl halides is 3. The van der Waals surface area contributed by atoms with Crippen molar-refractivity contribution in [3.8, 4) is 0 Å². The number of benzene rings is 1. The number of aromatic nitrogens is 1. The Morgan fingerprint density at radius 1 is 1.23 bits per heavy atom. The second-order valence-corrected chi connectivity index (χ2v) is 5.24. The molecule has 1 aliphatic heterocycles. The number of halogens is 3. The van der Waals surface area contributed by atoms with E-state index in [1.807, 2.05) is 13.0 Å². The van der Waals surface area contributed by atoms with Gasteiger partial charge in [0.2, 0.25) is 5.79 Å². The van der Waals surface area contributed by atoms with Gasteiger partial charge in [-0.15, -0.1) is 0 Å². The standard InChI is InChI=1S/C14H14F3N5/c1-7-4-8-5-9(2-3-10(8)20-7)14(19)21-11(13(15,16)17)6-12(18)22-14/h2-6,20-21H,19H2,1H3,(H2,18,22). The zero-order valence-electron chi connectivity index (χ0n) is 11.6. The molecular formula is C14H14F3N5. The average Bonchev–Trinajstić information content (AvgIpc) is 2.75. The minimum atomic E-state index is -4.58. The highest BCUT2D eigenvalue weighted by atomic mass is 19.4. The summed E-state index contributed by atoms with van der Waals surface area (Å²) in [6, 6.07) is 6.91. The third-order valence-electron chi connectivity index (χ3n) is 3.42. The average molecular weight is 309 g/mol. The van der Waals surface area contributed by atoms with E-state index in [0.29, 0.717) is 5.56 Å². The zero-order valence-corrected chi connectivity index (χ0v) is 11.6. The summed E-state index contributed by atoms with van der Waals surface area (Å²) in [5, 5.41) is 3.06. The Kier molecular flexibility index (Phi) is 2.96. The summed E-state index contributed by atoms with van der Waals surface area (Å²) in [6.45, 7) is 1.89. The van der Waals surface area contributed by atoms with Crippen LogP contribution in [0, 0.1) is 6.92 Å². The molecule has 0 bridgehead atoms. The fraction of sp³-hybridized carbons (Fsp3) is 0.214. The van der Waals surface area contributed by atoms with Gasteiger partial charge in [0.15, 0.2) is 0 Å². The smallest absolute Gasteiger partial charge is 0.384 e.